The summed E-state index contributed by atoms with van der Waals surface area (Å²) in [6, 6.07) is 13.0. The molecule has 2 aromatic carbocycles. The number of nitrogens with one attached hydrogen (secondary N) is 1. The highest BCUT2D eigenvalue weighted by atomic mass is 16.5. The molecule has 2 rings (SSSR count). The SMILES string of the molecule is COc1ccc(C(=O)N/N=C/c2ccc(C(C)C)cc2)cc1OC. The zero-order valence-electron chi connectivity index (χ0n) is 14.4. The van der Waals surface area contributed by atoms with Crippen molar-refractivity contribution in [3.05, 3.63) is 59.2 Å². The summed E-state index contributed by atoms with van der Waals surface area (Å²) in [6.45, 7) is 4.29. The number of hydrogen-bond donors (Lipinski definition) is 1. The van der Waals surface area contributed by atoms with Crippen LogP contribution in [-0.4, -0.2) is 26.3 Å². The van der Waals surface area contributed by atoms with Crippen molar-refractivity contribution in [3.63, 3.8) is 0 Å². The maximum atomic E-state index is 12.1. The van der Waals surface area contributed by atoms with Crippen LogP contribution in [0.5, 0.6) is 11.5 Å². The Bertz CT molecular complexity index is 722. The van der Waals surface area contributed by atoms with E-state index in [4.69, 9.17) is 9.47 Å². The van der Waals surface area contributed by atoms with E-state index in [0.717, 1.165) is 5.56 Å². The molecule has 0 saturated heterocycles. The topological polar surface area (TPSA) is 59.9 Å². The van der Waals surface area contributed by atoms with E-state index in [1.54, 1.807) is 31.5 Å². The summed E-state index contributed by atoms with van der Waals surface area (Å²) >= 11 is 0. The molecule has 0 aliphatic heterocycles. The number of ether oxygens (including phenoxy) is 2. The molecule has 0 heterocycles. The summed E-state index contributed by atoms with van der Waals surface area (Å²) in [6.07, 6.45) is 1.61. The van der Waals surface area contributed by atoms with E-state index >= 15 is 0 Å². The Morgan fingerprint density at radius 1 is 1.04 bits per heavy atom. The van der Waals surface area contributed by atoms with Crippen molar-refractivity contribution in [1.29, 1.82) is 0 Å². The van der Waals surface area contributed by atoms with Crippen LogP contribution in [0.15, 0.2) is 47.6 Å². The van der Waals surface area contributed by atoms with Gasteiger partial charge in [0.2, 0.25) is 0 Å². The van der Waals surface area contributed by atoms with Crippen molar-refractivity contribution in [2.24, 2.45) is 5.10 Å². The molecule has 5 heteroatoms. The van der Waals surface area contributed by atoms with Crippen molar-refractivity contribution >= 4 is 12.1 Å². The molecule has 0 spiro atoms. The largest absolute Gasteiger partial charge is 0.493 e. The summed E-state index contributed by atoms with van der Waals surface area (Å²) in [4.78, 5) is 12.1. The zero-order chi connectivity index (χ0) is 17.5. The van der Waals surface area contributed by atoms with Gasteiger partial charge in [-0.25, -0.2) is 5.43 Å². The van der Waals surface area contributed by atoms with Gasteiger partial charge in [-0.2, -0.15) is 5.10 Å². The minimum atomic E-state index is -0.314. The van der Waals surface area contributed by atoms with Crippen molar-refractivity contribution in [1.82, 2.24) is 5.43 Å². The van der Waals surface area contributed by atoms with Crippen LogP contribution in [0.3, 0.4) is 0 Å². The molecule has 0 fully saturated rings. The summed E-state index contributed by atoms with van der Waals surface area (Å²) in [5.41, 5.74) is 5.14. The van der Waals surface area contributed by atoms with Gasteiger partial charge >= 0.3 is 0 Å². The lowest BCUT2D eigenvalue weighted by Crippen LogP contribution is -2.17. The van der Waals surface area contributed by atoms with Crippen molar-refractivity contribution in [3.8, 4) is 11.5 Å². The van der Waals surface area contributed by atoms with Crippen LogP contribution in [0, 0.1) is 0 Å². The number of benzene rings is 2. The minimum Gasteiger partial charge on any atom is -0.493 e. The Balaban J connectivity index is 2.02. The number of amides is 1. The number of rotatable bonds is 6. The second-order valence-electron chi connectivity index (χ2n) is 5.59. The van der Waals surface area contributed by atoms with E-state index in [1.807, 2.05) is 12.1 Å². The summed E-state index contributed by atoms with van der Waals surface area (Å²) in [5, 5.41) is 3.99. The van der Waals surface area contributed by atoms with Crippen LogP contribution in [0.1, 0.15) is 41.3 Å². The van der Waals surface area contributed by atoms with Gasteiger partial charge in [-0.3, -0.25) is 4.79 Å². The normalized spacial score (nSPS) is 10.9. The third-order valence-electron chi connectivity index (χ3n) is 3.63. The van der Waals surface area contributed by atoms with Gasteiger partial charge in [0.1, 0.15) is 0 Å². The Kier molecular flexibility index (Phi) is 5.95. The molecule has 0 saturated carbocycles. The van der Waals surface area contributed by atoms with E-state index in [-0.39, 0.29) is 5.91 Å². The smallest absolute Gasteiger partial charge is 0.271 e. The standard InChI is InChI=1S/C19H22N2O3/c1-13(2)15-7-5-14(6-8-15)12-20-21-19(22)16-9-10-17(23-3)18(11-16)24-4/h5-13H,1-4H3,(H,21,22)/b20-12+. The molecule has 0 bridgehead atoms. The zero-order valence-corrected chi connectivity index (χ0v) is 14.4. The van der Waals surface area contributed by atoms with Gasteiger partial charge in [0.15, 0.2) is 11.5 Å². The maximum Gasteiger partial charge on any atom is 0.271 e. The fourth-order valence-electron chi connectivity index (χ4n) is 2.17. The van der Waals surface area contributed by atoms with Gasteiger partial charge < -0.3 is 9.47 Å². The van der Waals surface area contributed by atoms with Crippen molar-refractivity contribution in [2.75, 3.05) is 14.2 Å². The van der Waals surface area contributed by atoms with Crippen LogP contribution >= 0.6 is 0 Å². The molecule has 5 nitrogen and oxygen atoms in total. The molecule has 2 aromatic rings. The van der Waals surface area contributed by atoms with Crippen molar-refractivity contribution in [2.45, 2.75) is 19.8 Å². The van der Waals surface area contributed by atoms with Crippen LogP contribution < -0.4 is 14.9 Å². The monoisotopic (exact) mass is 326 g/mol. The fourth-order valence-corrected chi connectivity index (χ4v) is 2.17. The highest BCUT2D eigenvalue weighted by Gasteiger charge is 2.09. The van der Waals surface area contributed by atoms with Crippen LogP contribution in [0.4, 0.5) is 0 Å². The second kappa shape index (κ2) is 8.15. The predicted molar refractivity (Wildman–Crippen MR) is 95.1 cm³/mol. The summed E-state index contributed by atoms with van der Waals surface area (Å²) < 4.78 is 10.3. The average molecular weight is 326 g/mol. The molecule has 0 aliphatic rings. The highest BCUT2D eigenvalue weighted by molar-refractivity contribution is 5.95. The van der Waals surface area contributed by atoms with Gasteiger partial charge in [-0.1, -0.05) is 38.1 Å². The summed E-state index contributed by atoms with van der Waals surface area (Å²) in [5.74, 6) is 1.24. The molecule has 24 heavy (non-hydrogen) atoms. The highest BCUT2D eigenvalue weighted by Crippen LogP contribution is 2.27. The lowest BCUT2D eigenvalue weighted by molar-refractivity contribution is 0.0954. The maximum absolute atomic E-state index is 12.1. The molecule has 0 radical (unpaired) electrons. The predicted octanol–water partition coefficient (Wildman–Crippen LogP) is 3.59. The van der Waals surface area contributed by atoms with Crippen LogP contribution in [0.2, 0.25) is 0 Å². The second-order valence-corrected chi connectivity index (χ2v) is 5.59. The average Bonchev–Trinajstić information content (AvgIpc) is 2.61. The van der Waals surface area contributed by atoms with Gasteiger partial charge in [0.05, 0.1) is 20.4 Å². The van der Waals surface area contributed by atoms with Gasteiger partial charge in [0, 0.05) is 5.56 Å². The molecule has 0 unspecified atom stereocenters. The molecule has 0 atom stereocenters. The fraction of sp³-hybridized carbons (Fsp3) is 0.263. The van der Waals surface area contributed by atoms with E-state index in [2.05, 4.69) is 36.5 Å². The van der Waals surface area contributed by atoms with Crippen molar-refractivity contribution < 1.29 is 14.3 Å². The quantitative estimate of drug-likeness (QED) is 0.652. The molecule has 1 amide bonds. The van der Waals surface area contributed by atoms with Gasteiger partial charge in [0.25, 0.3) is 5.91 Å². The summed E-state index contributed by atoms with van der Waals surface area (Å²) in [7, 11) is 3.07. The van der Waals surface area contributed by atoms with Crippen LogP contribution in [-0.2, 0) is 0 Å². The first-order valence-corrected chi connectivity index (χ1v) is 7.70. The lowest BCUT2D eigenvalue weighted by Gasteiger charge is -2.08. The molecule has 126 valence electrons. The first-order chi connectivity index (χ1) is 11.5. The molecular weight excluding hydrogens is 304 g/mol. The third kappa shape index (κ3) is 4.35. The van der Waals surface area contributed by atoms with Gasteiger partial charge in [-0.05, 0) is 35.2 Å². The van der Waals surface area contributed by atoms with E-state index < -0.39 is 0 Å². The first-order valence-electron chi connectivity index (χ1n) is 7.70. The van der Waals surface area contributed by atoms with Crippen LogP contribution in [0.25, 0.3) is 0 Å². The number of hydrogen-bond acceptors (Lipinski definition) is 4. The number of nitrogens with zero attached hydrogens (tertiary/aromatic N) is 1. The van der Waals surface area contributed by atoms with E-state index in [0.29, 0.717) is 23.0 Å². The number of methoxy groups -OCH3 is 2. The Morgan fingerprint density at radius 3 is 2.29 bits per heavy atom. The third-order valence-corrected chi connectivity index (χ3v) is 3.63. The van der Waals surface area contributed by atoms with Gasteiger partial charge in [-0.15, -0.1) is 0 Å². The van der Waals surface area contributed by atoms with E-state index in [1.165, 1.54) is 12.7 Å². The number of hydrazone groups is 1. The Hall–Kier alpha value is -2.82. The first kappa shape index (κ1) is 17.5. The molecule has 0 aliphatic carbocycles. The van der Waals surface area contributed by atoms with E-state index in [9.17, 15) is 4.79 Å². The Morgan fingerprint density at radius 2 is 1.71 bits per heavy atom. The molecule has 1 N–H and O–H groups in total. The number of carbonyl (C=O) groups excluding carboxylic acids is 1. The minimum absolute atomic E-state index is 0.314. The Labute approximate surface area is 142 Å². The number of carbonyl (C=O) groups is 1. The molecular formula is C19H22N2O3. The molecule has 0 aromatic heterocycles. The lowest BCUT2D eigenvalue weighted by atomic mass is 10.0.